The smallest absolute Gasteiger partial charge is 0.253 e. The van der Waals surface area contributed by atoms with E-state index >= 15 is 0 Å². The van der Waals surface area contributed by atoms with Crippen molar-refractivity contribution in [2.75, 3.05) is 39.0 Å². The third-order valence-electron chi connectivity index (χ3n) is 5.64. The van der Waals surface area contributed by atoms with Crippen molar-refractivity contribution >= 4 is 22.9 Å². The highest BCUT2D eigenvalue weighted by molar-refractivity contribution is 5.95. The number of imidazole rings is 1. The lowest BCUT2D eigenvalue weighted by Crippen LogP contribution is -2.47. The van der Waals surface area contributed by atoms with Gasteiger partial charge < -0.3 is 15.5 Å². The first-order valence-electron chi connectivity index (χ1n) is 10.2. The molecule has 1 fully saturated rings. The molecule has 0 unspecified atom stereocenters. The number of amides is 1. The minimum Gasteiger partial charge on any atom is -0.382 e. The van der Waals surface area contributed by atoms with E-state index in [9.17, 15) is 4.79 Å². The van der Waals surface area contributed by atoms with Crippen LogP contribution in [0.2, 0.25) is 0 Å². The predicted molar refractivity (Wildman–Crippen MR) is 120 cm³/mol. The summed E-state index contributed by atoms with van der Waals surface area (Å²) in [6, 6.07) is 17.2. The van der Waals surface area contributed by atoms with Crippen molar-refractivity contribution in [1.29, 1.82) is 0 Å². The van der Waals surface area contributed by atoms with E-state index in [4.69, 9.17) is 10.7 Å². The number of fused-ring (bicyclic) bond motifs is 1. The third-order valence-corrected chi connectivity index (χ3v) is 5.64. The maximum Gasteiger partial charge on any atom is 0.253 e. The Kier molecular flexibility index (Phi) is 4.83. The van der Waals surface area contributed by atoms with Crippen LogP contribution in [0.1, 0.15) is 10.4 Å². The second-order valence-electron chi connectivity index (χ2n) is 7.73. The van der Waals surface area contributed by atoms with Gasteiger partial charge >= 0.3 is 0 Å². The average Bonchev–Trinajstić information content (AvgIpc) is 3.24. The van der Waals surface area contributed by atoms with Crippen molar-refractivity contribution in [3.05, 3.63) is 66.5 Å². The minimum atomic E-state index is 0.0534. The van der Waals surface area contributed by atoms with Gasteiger partial charge in [-0.2, -0.15) is 0 Å². The van der Waals surface area contributed by atoms with E-state index in [0.717, 1.165) is 37.4 Å². The number of benzene rings is 2. The summed E-state index contributed by atoms with van der Waals surface area (Å²) in [5, 5.41) is 0. The molecular formula is C23H23N7O. The summed E-state index contributed by atoms with van der Waals surface area (Å²) in [6.07, 6.45) is 1.70. The van der Waals surface area contributed by atoms with Gasteiger partial charge in [-0.3, -0.25) is 9.36 Å². The Morgan fingerprint density at radius 1 is 0.935 bits per heavy atom. The maximum atomic E-state index is 12.8. The number of rotatable bonds is 3. The Bertz CT molecular complexity index is 1230. The van der Waals surface area contributed by atoms with Gasteiger partial charge in [0.25, 0.3) is 5.91 Å². The fourth-order valence-corrected chi connectivity index (χ4v) is 3.78. The van der Waals surface area contributed by atoms with E-state index in [0.29, 0.717) is 28.4 Å². The van der Waals surface area contributed by atoms with Crippen molar-refractivity contribution < 1.29 is 4.79 Å². The number of hydrogen-bond acceptors (Lipinski definition) is 6. The SMILES string of the molecule is CN1CCN(C(=O)c2ccc(-c3nc(N)c4ncn(-c5ccccc5)c4n3)cc2)CC1. The molecule has 1 amide bonds. The summed E-state index contributed by atoms with van der Waals surface area (Å²) >= 11 is 0. The van der Waals surface area contributed by atoms with Crippen LogP contribution in [0, 0.1) is 0 Å². The molecule has 4 aromatic rings. The molecule has 1 aliphatic heterocycles. The van der Waals surface area contributed by atoms with E-state index in [-0.39, 0.29) is 5.91 Å². The van der Waals surface area contributed by atoms with Crippen LogP contribution < -0.4 is 5.73 Å². The lowest BCUT2D eigenvalue weighted by molar-refractivity contribution is 0.0664. The molecule has 8 heteroatoms. The lowest BCUT2D eigenvalue weighted by Gasteiger charge is -2.32. The van der Waals surface area contributed by atoms with Crippen LogP contribution in [0.15, 0.2) is 60.9 Å². The predicted octanol–water partition coefficient (Wildman–Crippen LogP) is 2.45. The van der Waals surface area contributed by atoms with E-state index < -0.39 is 0 Å². The zero-order chi connectivity index (χ0) is 21.4. The zero-order valence-corrected chi connectivity index (χ0v) is 17.3. The van der Waals surface area contributed by atoms with Crippen LogP contribution in [0.25, 0.3) is 28.2 Å². The van der Waals surface area contributed by atoms with Crippen molar-refractivity contribution in [2.45, 2.75) is 0 Å². The monoisotopic (exact) mass is 413 g/mol. The average molecular weight is 413 g/mol. The van der Waals surface area contributed by atoms with Crippen molar-refractivity contribution in [3.8, 4) is 17.1 Å². The number of likely N-dealkylation sites (N-methyl/N-ethyl adjacent to an activating group) is 1. The van der Waals surface area contributed by atoms with Crippen LogP contribution in [0.3, 0.4) is 0 Å². The number of para-hydroxylation sites is 1. The highest BCUT2D eigenvalue weighted by atomic mass is 16.2. The standard InChI is InChI=1S/C23H23N7O/c1-28-11-13-29(14-12-28)23(31)17-9-7-16(8-10-17)21-26-20(24)19-22(27-21)30(15-25-19)18-5-3-2-4-6-18/h2-10,15H,11-14H2,1H3,(H2,24,26,27). The molecule has 0 radical (unpaired) electrons. The van der Waals surface area contributed by atoms with Crippen LogP contribution in [-0.4, -0.2) is 68.5 Å². The fraction of sp³-hybridized carbons (Fsp3) is 0.217. The minimum absolute atomic E-state index is 0.0534. The number of hydrogen-bond donors (Lipinski definition) is 1. The van der Waals surface area contributed by atoms with Crippen LogP contribution in [-0.2, 0) is 0 Å². The number of aromatic nitrogens is 4. The molecular weight excluding hydrogens is 390 g/mol. The zero-order valence-electron chi connectivity index (χ0n) is 17.3. The van der Waals surface area contributed by atoms with Gasteiger partial charge in [-0.25, -0.2) is 15.0 Å². The summed E-state index contributed by atoms with van der Waals surface area (Å²) < 4.78 is 1.89. The molecule has 3 heterocycles. The Labute approximate surface area is 180 Å². The first-order chi connectivity index (χ1) is 15.1. The van der Waals surface area contributed by atoms with Gasteiger partial charge in [0.05, 0.1) is 0 Å². The van der Waals surface area contributed by atoms with E-state index in [1.54, 1.807) is 6.33 Å². The number of nitrogen functional groups attached to an aromatic ring is 1. The third kappa shape index (κ3) is 3.62. The molecule has 31 heavy (non-hydrogen) atoms. The number of nitrogens with zero attached hydrogens (tertiary/aromatic N) is 6. The normalized spacial score (nSPS) is 14.8. The van der Waals surface area contributed by atoms with Crippen LogP contribution in [0.5, 0.6) is 0 Å². The summed E-state index contributed by atoms with van der Waals surface area (Å²) in [4.78, 5) is 30.5. The van der Waals surface area contributed by atoms with Gasteiger partial charge in [0.2, 0.25) is 0 Å². The Morgan fingerprint density at radius 3 is 2.35 bits per heavy atom. The van der Waals surface area contributed by atoms with E-state index in [2.05, 4.69) is 21.9 Å². The molecule has 2 aromatic heterocycles. The van der Waals surface area contributed by atoms with E-state index in [1.165, 1.54) is 0 Å². The molecule has 2 aromatic carbocycles. The molecule has 1 aliphatic rings. The highest BCUT2D eigenvalue weighted by Crippen LogP contribution is 2.25. The van der Waals surface area contributed by atoms with Gasteiger partial charge in [-0.1, -0.05) is 30.3 Å². The van der Waals surface area contributed by atoms with Gasteiger partial charge in [-0.15, -0.1) is 0 Å². The first kappa shape index (κ1) is 19.2. The number of carbonyl (C=O) groups excluding carboxylic acids is 1. The molecule has 156 valence electrons. The number of piperazine rings is 1. The highest BCUT2D eigenvalue weighted by Gasteiger charge is 2.20. The van der Waals surface area contributed by atoms with Gasteiger partial charge in [0, 0.05) is 43.0 Å². The number of anilines is 1. The van der Waals surface area contributed by atoms with Gasteiger partial charge in [0.1, 0.15) is 6.33 Å². The molecule has 0 saturated carbocycles. The largest absolute Gasteiger partial charge is 0.382 e. The molecule has 8 nitrogen and oxygen atoms in total. The molecule has 0 bridgehead atoms. The van der Waals surface area contributed by atoms with Crippen molar-refractivity contribution in [2.24, 2.45) is 0 Å². The molecule has 2 N–H and O–H groups in total. The molecule has 0 aliphatic carbocycles. The lowest BCUT2D eigenvalue weighted by atomic mass is 10.1. The second kappa shape index (κ2) is 7.81. The Morgan fingerprint density at radius 2 is 1.65 bits per heavy atom. The maximum absolute atomic E-state index is 12.8. The summed E-state index contributed by atoms with van der Waals surface area (Å²) in [7, 11) is 2.07. The number of nitrogens with two attached hydrogens (primary N) is 1. The topological polar surface area (TPSA) is 93.2 Å². The first-order valence-corrected chi connectivity index (χ1v) is 10.2. The van der Waals surface area contributed by atoms with Crippen LogP contribution in [0.4, 0.5) is 5.82 Å². The summed E-state index contributed by atoms with van der Waals surface area (Å²) in [5.41, 5.74) is 9.80. The molecule has 0 atom stereocenters. The molecule has 5 rings (SSSR count). The number of carbonyl (C=O) groups is 1. The van der Waals surface area contributed by atoms with Crippen LogP contribution >= 0.6 is 0 Å². The Hall–Kier alpha value is -3.78. The van der Waals surface area contributed by atoms with Crippen molar-refractivity contribution in [1.82, 2.24) is 29.3 Å². The van der Waals surface area contributed by atoms with Gasteiger partial charge in [0.15, 0.2) is 22.8 Å². The quantitative estimate of drug-likeness (QED) is 0.555. The summed E-state index contributed by atoms with van der Waals surface area (Å²) in [5.74, 6) is 0.881. The Balaban J connectivity index is 1.46. The molecule has 1 saturated heterocycles. The van der Waals surface area contributed by atoms with E-state index in [1.807, 2.05) is 64.1 Å². The summed E-state index contributed by atoms with van der Waals surface area (Å²) in [6.45, 7) is 3.28. The molecule has 0 spiro atoms. The fourth-order valence-electron chi connectivity index (χ4n) is 3.78. The van der Waals surface area contributed by atoms with Gasteiger partial charge in [-0.05, 0) is 31.3 Å². The second-order valence-corrected chi connectivity index (χ2v) is 7.73. The van der Waals surface area contributed by atoms with Crippen molar-refractivity contribution in [3.63, 3.8) is 0 Å².